The Morgan fingerprint density at radius 2 is 1.81 bits per heavy atom. The lowest BCUT2D eigenvalue weighted by Crippen LogP contribution is -2.30. The molecule has 31 heavy (non-hydrogen) atoms. The molecule has 1 aliphatic rings. The fourth-order valence-electron chi connectivity index (χ4n) is 3.31. The summed E-state index contributed by atoms with van der Waals surface area (Å²) in [5.74, 6) is -0.888. The molecule has 0 spiro atoms. The molecule has 0 unspecified atom stereocenters. The lowest BCUT2D eigenvalue weighted by molar-refractivity contribution is 0.0279. The van der Waals surface area contributed by atoms with Crippen LogP contribution >= 0.6 is 0 Å². The molecule has 8 heteroatoms. The third kappa shape index (κ3) is 3.96. The van der Waals surface area contributed by atoms with Crippen molar-refractivity contribution in [1.82, 2.24) is 15.1 Å². The van der Waals surface area contributed by atoms with Crippen LogP contribution in [0.4, 0.5) is 0 Å². The van der Waals surface area contributed by atoms with E-state index in [1.54, 1.807) is 6.92 Å². The largest absolute Gasteiger partial charge is 0.449 e. The molecule has 2 amide bonds. The van der Waals surface area contributed by atoms with Crippen LogP contribution in [-0.2, 0) is 4.74 Å². The summed E-state index contributed by atoms with van der Waals surface area (Å²) in [5.41, 5.74) is 1.45. The van der Waals surface area contributed by atoms with Gasteiger partial charge in [-0.1, -0.05) is 31.5 Å². The first-order valence-electron chi connectivity index (χ1n) is 10.1. The highest BCUT2D eigenvalue weighted by Crippen LogP contribution is 2.26. The maximum Gasteiger partial charge on any atom is 0.338 e. The molecule has 0 saturated heterocycles. The quantitative estimate of drug-likeness (QED) is 0.420. The standard InChI is InChI=1S/C23H21N3O5/c1-3-4-12-26-21(27)17-11-10-16(13-18(17)22(26)28)23(29)30-14(2)19-24-25-20(31-19)15-8-6-5-7-9-15/h5-11,13-14H,3-4,12H2,1-2H3/t14-/m1/s1. The summed E-state index contributed by atoms with van der Waals surface area (Å²) in [4.78, 5) is 38.9. The van der Waals surface area contributed by atoms with Crippen LogP contribution in [0.3, 0.4) is 0 Å². The zero-order valence-corrected chi connectivity index (χ0v) is 17.2. The second-order valence-corrected chi connectivity index (χ2v) is 7.23. The average molecular weight is 419 g/mol. The molecule has 4 rings (SSSR count). The number of ether oxygens (including phenoxy) is 1. The second kappa shape index (κ2) is 8.51. The molecule has 0 fully saturated rings. The molecule has 8 nitrogen and oxygen atoms in total. The number of rotatable bonds is 7. The summed E-state index contributed by atoms with van der Waals surface area (Å²) < 4.78 is 11.1. The van der Waals surface area contributed by atoms with E-state index in [0.717, 1.165) is 18.4 Å². The van der Waals surface area contributed by atoms with Crippen LogP contribution in [0.2, 0.25) is 0 Å². The molecule has 0 bridgehead atoms. The van der Waals surface area contributed by atoms with E-state index in [4.69, 9.17) is 9.15 Å². The van der Waals surface area contributed by atoms with Crippen LogP contribution in [-0.4, -0.2) is 39.4 Å². The van der Waals surface area contributed by atoms with Crippen molar-refractivity contribution in [3.8, 4) is 11.5 Å². The Bertz CT molecular complexity index is 1140. The molecule has 0 saturated carbocycles. The number of esters is 1. The van der Waals surface area contributed by atoms with E-state index in [2.05, 4.69) is 10.2 Å². The smallest absolute Gasteiger partial charge is 0.338 e. The van der Waals surface area contributed by atoms with Gasteiger partial charge in [0.15, 0.2) is 6.10 Å². The molecular weight excluding hydrogens is 398 g/mol. The average Bonchev–Trinajstić information content (AvgIpc) is 3.37. The summed E-state index contributed by atoms with van der Waals surface area (Å²) in [7, 11) is 0. The van der Waals surface area contributed by atoms with Gasteiger partial charge in [0.2, 0.25) is 5.89 Å². The third-order valence-electron chi connectivity index (χ3n) is 5.03. The molecule has 0 aliphatic carbocycles. The van der Waals surface area contributed by atoms with Gasteiger partial charge < -0.3 is 9.15 Å². The van der Waals surface area contributed by atoms with E-state index in [9.17, 15) is 14.4 Å². The van der Waals surface area contributed by atoms with E-state index in [1.807, 2.05) is 37.3 Å². The number of hydrogen-bond donors (Lipinski definition) is 0. The summed E-state index contributed by atoms with van der Waals surface area (Å²) in [6.45, 7) is 3.97. The van der Waals surface area contributed by atoms with Gasteiger partial charge >= 0.3 is 5.97 Å². The summed E-state index contributed by atoms with van der Waals surface area (Å²) in [6.07, 6.45) is 0.807. The van der Waals surface area contributed by atoms with Gasteiger partial charge in [0.25, 0.3) is 17.7 Å². The summed E-state index contributed by atoms with van der Waals surface area (Å²) in [5, 5.41) is 7.95. The maximum absolute atomic E-state index is 12.6. The fraction of sp³-hybridized carbons (Fsp3) is 0.261. The van der Waals surface area contributed by atoms with Gasteiger partial charge in [-0.2, -0.15) is 0 Å². The molecule has 0 N–H and O–H groups in total. The van der Waals surface area contributed by atoms with Gasteiger partial charge in [0.1, 0.15) is 0 Å². The fourth-order valence-corrected chi connectivity index (χ4v) is 3.31. The lowest BCUT2D eigenvalue weighted by atomic mass is 10.1. The van der Waals surface area contributed by atoms with E-state index >= 15 is 0 Å². The molecule has 1 aliphatic heterocycles. The van der Waals surface area contributed by atoms with Crippen molar-refractivity contribution < 1.29 is 23.5 Å². The van der Waals surface area contributed by atoms with Gasteiger partial charge in [0, 0.05) is 12.1 Å². The summed E-state index contributed by atoms with van der Waals surface area (Å²) >= 11 is 0. The van der Waals surface area contributed by atoms with Gasteiger partial charge in [-0.05, 0) is 43.7 Å². The number of aromatic nitrogens is 2. The minimum Gasteiger partial charge on any atom is -0.449 e. The van der Waals surface area contributed by atoms with Crippen LogP contribution in [0, 0.1) is 0 Å². The van der Waals surface area contributed by atoms with Gasteiger partial charge in [-0.15, -0.1) is 10.2 Å². The Kier molecular flexibility index (Phi) is 5.62. The van der Waals surface area contributed by atoms with Crippen LogP contribution in [0.15, 0.2) is 52.9 Å². The first-order chi connectivity index (χ1) is 15.0. The summed E-state index contributed by atoms with van der Waals surface area (Å²) in [6, 6.07) is 13.6. The minimum absolute atomic E-state index is 0.158. The third-order valence-corrected chi connectivity index (χ3v) is 5.03. The van der Waals surface area contributed by atoms with Crippen molar-refractivity contribution in [3.05, 3.63) is 71.1 Å². The molecular formula is C23H21N3O5. The predicted molar refractivity (Wildman–Crippen MR) is 110 cm³/mol. The number of carbonyl (C=O) groups excluding carboxylic acids is 3. The lowest BCUT2D eigenvalue weighted by Gasteiger charge is -2.12. The Labute approximate surface area is 178 Å². The van der Waals surface area contributed by atoms with Crippen molar-refractivity contribution in [2.45, 2.75) is 32.8 Å². The Balaban J connectivity index is 1.48. The molecule has 158 valence electrons. The Hall–Kier alpha value is -3.81. The molecule has 1 aromatic heterocycles. The van der Waals surface area contributed by atoms with Crippen LogP contribution in [0.1, 0.15) is 69.8 Å². The zero-order chi connectivity index (χ0) is 22.0. The number of unbranched alkanes of at least 4 members (excludes halogenated alkanes) is 1. The number of carbonyl (C=O) groups is 3. The van der Waals surface area contributed by atoms with E-state index in [1.165, 1.54) is 23.1 Å². The predicted octanol–water partition coefficient (Wildman–Crippen LogP) is 4.05. The zero-order valence-electron chi connectivity index (χ0n) is 17.2. The van der Waals surface area contributed by atoms with Gasteiger partial charge in [0.05, 0.1) is 16.7 Å². The minimum atomic E-state index is -0.788. The number of hydrogen-bond acceptors (Lipinski definition) is 7. The topological polar surface area (TPSA) is 103 Å². The number of fused-ring (bicyclic) bond motifs is 1. The molecule has 0 radical (unpaired) electrons. The van der Waals surface area contributed by atoms with Crippen LogP contribution < -0.4 is 0 Å². The van der Waals surface area contributed by atoms with Crippen molar-refractivity contribution in [2.75, 3.05) is 6.54 Å². The Morgan fingerprint density at radius 1 is 1.06 bits per heavy atom. The van der Waals surface area contributed by atoms with Crippen LogP contribution in [0.25, 0.3) is 11.5 Å². The molecule has 2 heterocycles. The number of imide groups is 1. The molecule has 3 aromatic rings. The van der Waals surface area contributed by atoms with Crippen molar-refractivity contribution in [2.24, 2.45) is 0 Å². The Morgan fingerprint density at radius 3 is 2.55 bits per heavy atom. The van der Waals surface area contributed by atoms with Crippen molar-refractivity contribution >= 4 is 17.8 Å². The number of amides is 2. The highest BCUT2D eigenvalue weighted by Gasteiger charge is 2.35. The first-order valence-corrected chi connectivity index (χ1v) is 10.1. The molecule has 1 atom stereocenters. The second-order valence-electron chi connectivity index (χ2n) is 7.23. The van der Waals surface area contributed by atoms with Crippen LogP contribution in [0.5, 0.6) is 0 Å². The highest BCUT2D eigenvalue weighted by molar-refractivity contribution is 6.21. The van der Waals surface area contributed by atoms with E-state index < -0.39 is 12.1 Å². The SMILES string of the molecule is CCCCN1C(=O)c2ccc(C(=O)O[C@H](C)c3nnc(-c4ccccc4)o3)cc2C1=O. The first kappa shape index (κ1) is 20.5. The van der Waals surface area contributed by atoms with E-state index in [-0.39, 0.29) is 28.8 Å². The normalized spacial score (nSPS) is 13.9. The monoisotopic (exact) mass is 419 g/mol. The van der Waals surface area contributed by atoms with Crippen molar-refractivity contribution in [1.29, 1.82) is 0 Å². The van der Waals surface area contributed by atoms with Gasteiger partial charge in [-0.3, -0.25) is 14.5 Å². The molecule has 2 aromatic carbocycles. The van der Waals surface area contributed by atoms with E-state index in [0.29, 0.717) is 18.0 Å². The maximum atomic E-state index is 12.6. The van der Waals surface area contributed by atoms with Gasteiger partial charge in [-0.25, -0.2) is 4.79 Å². The number of benzene rings is 2. The van der Waals surface area contributed by atoms with Crippen molar-refractivity contribution in [3.63, 3.8) is 0 Å². The highest BCUT2D eigenvalue weighted by atomic mass is 16.6. The number of nitrogens with zero attached hydrogens (tertiary/aromatic N) is 3.